The summed E-state index contributed by atoms with van der Waals surface area (Å²) in [4.78, 5) is 18.5. The Labute approximate surface area is 150 Å². The Kier molecular flexibility index (Phi) is 6.03. The van der Waals surface area contributed by atoms with Crippen LogP contribution in [0, 0.1) is 0 Å². The van der Waals surface area contributed by atoms with Crippen molar-refractivity contribution in [3.63, 3.8) is 0 Å². The molecule has 3 rings (SSSR count). The highest BCUT2D eigenvalue weighted by atomic mass is 16.5. The first kappa shape index (κ1) is 17.9. The van der Waals surface area contributed by atoms with E-state index in [1.54, 1.807) is 6.92 Å². The molecule has 1 aromatic carbocycles. The summed E-state index contributed by atoms with van der Waals surface area (Å²) in [5.41, 5.74) is 2.72. The summed E-state index contributed by atoms with van der Waals surface area (Å²) in [6.45, 7) is 6.79. The number of aliphatic imine (C=N–C) groups is 1. The van der Waals surface area contributed by atoms with Gasteiger partial charge in [-0.15, -0.1) is 0 Å². The minimum atomic E-state index is 0.241. The molecule has 0 amide bonds. The number of allylic oxidation sites excluding steroid dienone is 2. The fourth-order valence-corrected chi connectivity index (χ4v) is 3.91. The predicted molar refractivity (Wildman–Crippen MR) is 102 cm³/mol. The van der Waals surface area contributed by atoms with E-state index in [-0.39, 0.29) is 5.78 Å². The number of ether oxygens (including phenoxy) is 1. The van der Waals surface area contributed by atoms with Gasteiger partial charge in [0.15, 0.2) is 0 Å². The SMILES string of the molecule is C/C=C\C=NCCC1CC(c2ccc3c(c2)CCO3)CN1CC(C)=O. The van der Waals surface area contributed by atoms with Crippen LogP contribution in [-0.4, -0.2) is 49.2 Å². The van der Waals surface area contributed by atoms with E-state index in [0.29, 0.717) is 18.5 Å². The lowest BCUT2D eigenvalue weighted by molar-refractivity contribution is -0.118. The van der Waals surface area contributed by atoms with Crippen molar-refractivity contribution in [1.29, 1.82) is 0 Å². The summed E-state index contributed by atoms with van der Waals surface area (Å²) in [5, 5.41) is 0. The quantitative estimate of drug-likeness (QED) is 0.714. The summed E-state index contributed by atoms with van der Waals surface area (Å²) >= 11 is 0. The third-order valence-corrected chi connectivity index (χ3v) is 5.11. The van der Waals surface area contributed by atoms with E-state index in [1.807, 2.05) is 25.3 Å². The van der Waals surface area contributed by atoms with Crippen LogP contribution in [0.2, 0.25) is 0 Å². The first-order valence-electron chi connectivity index (χ1n) is 9.27. The third-order valence-electron chi connectivity index (χ3n) is 5.11. The Bertz CT molecular complexity index is 666. The average Bonchev–Trinajstić information content (AvgIpc) is 3.20. The van der Waals surface area contributed by atoms with Gasteiger partial charge in [-0.25, -0.2) is 0 Å². The molecule has 0 spiro atoms. The van der Waals surface area contributed by atoms with E-state index in [1.165, 1.54) is 11.1 Å². The molecule has 2 aliphatic heterocycles. The van der Waals surface area contributed by atoms with Crippen molar-refractivity contribution in [3.05, 3.63) is 41.5 Å². The summed E-state index contributed by atoms with van der Waals surface area (Å²) in [7, 11) is 0. The van der Waals surface area contributed by atoms with Crippen molar-refractivity contribution >= 4 is 12.0 Å². The number of benzene rings is 1. The predicted octanol–water partition coefficient (Wildman–Crippen LogP) is 3.41. The van der Waals surface area contributed by atoms with E-state index in [4.69, 9.17) is 4.74 Å². The van der Waals surface area contributed by atoms with Gasteiger partial charge in [0.25, 0.3) is 0 Å². The molecule has 1 saturated heterocycles. The second-order valence-corrected chi connectivity index (χ2v) is 7.05. The highest BCUT2D eigenvalue weighted by molar-refractivity contribution is 5.77. The number of hydrogen-bond acceptors (Lipinski definition) is 4. The first-order chi connectivity index (χ1) is 12.2. The van der Waals surface area contributed by atoms with Gasteiger partial charge in [-0.05, 0) is 55.9 Å². The zero-order valence-electron chi connectivity index (χ0n) is 15.3. The lowest BCUT2D eigenvalue weighted by atomic mass is 9.93. The monoisotopic (exact) mass is 340 g/mol. The summed E-state index contributed by atoms with van der Waals surface area (Å²) in [5.74, 6) is 1.78. The Balaban J connectivity index is 1.66. The maximum Gasteiger partial charge on any atom is 0.143 e. The Hall–Kier alpha value is -1.94. The van der Waals surface area contributed by atoms with Gasteiger partial charge in [-0.3, -0.25) is 14.7 Å². The molecule has 134 valence electrons. The third kappa shape index (κ3) is 4.57. The van der Waals surface area contributed by atoms with Crippen molar-refractivity contribution in [3.8, 4) is 5.75 Å². The van der Waals surface area contributed by atoms with Crippen molar-refractivity contribution < 1.29 is 9.53 Å². The molecule has 2 unspecified atom stereocenters. The molecule has 0 aromatic heterocycles. The lowest BCUT2D eigenvalue weighted by Crippen LogP contribution is -2.34. The summed E-state index contributed by atoms with van der Waals surface area (Å²) in [6, 6.07) is 7.06. The van der Waals surface area contributed by atoms with Crippen LogP contribution in [0.5, 0.6) is 5.75 Å². The lowest BCUT2D eigenvalue weighted by Gasteiger charge is -2.22. The fraction of sp³-hybridized carbons (Fsp3) is 0.524. The molecule has 2 atom stereocenters. The molecule has 0 aliphatic carbocycles. The van der Waals surface area contributed by atoms with E-state index in [2.05, 4.69) is 28.1 Å². The van der Waals surface area contributed by atoms with Gasteiger partial charge in [0.2, 0.25) is 0 Å². The molecule has 2 heterocycles. The highest BCUT2D eigenvalue weighted by Crippen LogP contribution is 2.36. The molecule has 0 N–H and O–H groups in total. The summed E-state index contributed by atoms with van der Waals surface area (Å²) < 4.78 is 5.62. The van der Waals surface area contributed by atoms with Crippen LogP contribution in [0.3, 0.4) is 0 Å². The van der Waals surface area contributed by atoms with Gasteiger partial charge in [-0.1, -0.05) is 18.2 Å². The van der Waals surface area contributed by atoms with Gasteiger partial charge < -0.3 is 4.74 Å². The second kappa shape index (κ2) is 8.43. The fourth-order valence-electron chi connectivity index (χ4n) is 3.91. The zero-order chi connectivity index (χ0) is 17.6. The van der Waals surface area contributed by atoms with Crippen LogP contribution < -0.4 is 4.74 Å². The van der Waals surface area contributed by atoms with E-state index >= 15 is 0 Å². The number of nitrogens with zero attached hydrogens (tertiary/aromatic N) is 2. The zero-order valence-corrected chi connectivity index (χ0v) is 15.3. The van der Waals surface area contributed by atoms with Crippen LogP contribution in [0.4, 0.5) is 0 Å². The summed E-state index contributed by atoms with van der Waals surface area (Å²) in [6.07, 6.45) is 8.92. The molecule has 1 fully saturated rings. The molecule has 2 aliphatic rings. The molecule has 25 heavy (non-hydrogen) atoms. The molecule has 4 nitrogen and oxygen atoms in total. The smallest absolute Gasteiger partial charge is 0.143 e. The van der Waals surface area contributed by atoms with Crippen LogP contribution >= 0.6 is 0 Å². The molecule has 0 bridgehead atoms. The number of rotatable bonds is 7. The maximum atomic E-state index is 11.7. The first-order valence-corrected chi connectivity index (χ1v) is 9.27. The van der Waals surface area contributed by atoms with E-state index in [0.717, 1.165) is 44.7 Å². The van der Waals surface area contributed by atoms with Crippen molar-refractivity contribution in [2.75, 3.05) is 26.2 Å². The van der Waals surface area contributed by atoms with Crippen LogP contribution in [0.15, 0.2) is 35.3 Å². The molecular weight excluding hydrogens is 312 g/mol. The van der Waals surface area contributed by atoms with Gasteiger partial charge in [0, 0.05) is 31.8 Å². The molecular formula is C21H28N2O2. The minimum absolute atomic E-state index is 0.241. The molecule has 0 saturated carbocycles. The van der Waals surface area contributed by atoms with Crippen LogP contribution in [0.25, 0.3) is 0 Å². The van der Waals surface area contributed by atoms with Crippen LogP contribution in [-0.2, 0) is 11.2 Å². The van der Waals surface area contributed by atoms with Crippen molar-refractivity contribution in [2.24, 2.45) is 4.99 Å². The average molecular weight is 340 g/mol. The number of fused-ring (bicyclic) bond motifs is 1. The number of ketones is 1. The van der Waals surface area contributed by atoms with Gasteiger partial charge in [0.05, 0.1) is 13.2 Å². The molecule has 0 radical (unpaired) electrons. The maximum absolute atomic E-state index is 11.7. The highest BCUT2D eigenvalue weighted by Gasteiger charge is 2.33. The number of hydrogen-bond donors (Lipinski definition) is 0. The Morgan fingerprint density at radius 2 is 2.32 bits per heavy atom. The second-order valence-electron chi connectivity index (χ2n) is 7.05. The Morgan fingerprint density at radius 1 is 1.44 bits per heavy atom. The molecule has 1 aromatic rings. The normalized spacial score (nSPS) is 23.4. The van der Waals surface area contributed by atoms with Gasteiger partial charge >= 0.3 is 0 Å². The van der Waals surface area contributed by atoms with Crippen molar-refractivity contribution in [1.82, 2.24) is 4.90 Å². The number of carbonyl (C=O) groups excluding carboxylic acids is 1. The van der Waals surface area contributed by atoms with Crippen molar-refractivity contribution in [2.45, 2.75) is 45.1 Å². The van der Waals surface area contributed by atoms with E-state index < -0.39 is 0 Å². The standard InChI is InChI=1S/C21H28N2O2/c1-3-4-9-22-10-7-20-13-19(15-23(20)14-16(2)24)17-5-6-21-18(12-17)8-11-25-21/h3-6,9,12,19-20H,7-8,10-11,13-15H2,1-2H3/b4-3-,22-9?. The number of likely N-dealkylation sites (tertiary alicyclic amines) is 1. The topological polar surface area (TPSA) is 41.9 Å². The largest absolute Gasteiger partial charge is 0.493 e. The van der Waals surface area contributed by atoms with Gasteiger partial charge in [0.1, 0.15) is 11.5 Å². The number of Topliss-reactive ketones (excluding diaryl/α,β-unsaturated/α-hetero) is 1. The minimum Gasteiger partial charge on any atom is -0.493 e. The number of carbonyl (C=O) groups is 1. The van der Waals surface area contributed by atoms with Crippen LogP contribution in [0.1, 0.15) is 43.7 Å². The van der Waals surface area contributed by atoms with Gasteiger partial charge in [-0.2, -0.15) is 0 Å². The molecule has 4 heteroatoms. The Morgan fingerprint density at radius 3 is 3.12 bits per heavy atom. The van der Waals surface area contributed by atoms with E-state index in [9.17, 15) is 4.79 Å².